The molecule has 3 aromatic carbocycles. The number of amides is 1. The van der Waals surface area contributed by atoms with E-state index < -0.39 is 0 Å². The minimum atomic E-state index is -0.328. The minimum absolute atomic E-state index is 0.200. The van der Waals surface area contributed by atoms with E-state index in [0.29, 0.717) is 11.3 Å². The average Bonchev–Trinajstić information content (AvgIpc) is 2.72. The highest BCUT2D eigenvalue weighted by molar-refractivity contribution is 5.82. The summed E-state index contributed by atoms with van der Waals surface area (Å²) in [6.45, 7) is -0.200. The van der Waals surface area contributed by atoms with Gasteiger partial charge in [0.05, 0.1) is 16.9 Å². The smallest absolute Gasteiger partial charge is 0.276 e. The summed E-state index contributed by atoms with van der Waals surface area (Å²) in [5, 5.41) is 10.8. The normalized spacial score (nSPS) is 9.81. The molecular weight excluding hydrogens is 326 g/mol. The monoisotopic (exact) mass is 343 g/mol. The van der Waals surface area contributed by atoms with Crippen molar-refractivity contribution in [3.8, 4) is 11.8 Å². The van der Waals surface area contributed by atoms with Crippen LogP contribution in [-0.2, 0) is 4.79 Å². The van der Waals surface area contributed by atoms with Crippen LogP contribution >= 0.6 is 0 Å². The van der Waals surface area contributed by atoms with E-state index in [4.69, 9.17) is 10.00 Å². The second-order valence-corrected chi connectivity index (χ2v) is 5.44. The van der Waals surface area contributed by atoms with Gasteiger partial charge in [0.25, 0.3) is 5.91 Å². The van der Waals surface area contributed by atoms with Crippen LogP contribution in [0.1, 0.15) is 5.56 Å². The van der Waals surface area contributed by atoms with E-state index in [9.17, 15) is 4.79 Å². The molecule has 1 N–H and O–H groups in total. The number of anilines is 2. The third kappa shape index (κ3) is 4.19. The summed E-state index contributed by atoms with van der Waals surface area (Å²) in [6, 6.07) is 27.9. The molecule has 128 valence electrons. The van der Waals surface area contributed by atoms with E-state index in [-0.39, 0.29) is 12.5 Å². The summed E-state index contributed by atoms with van der Waals surface area (Å²) in [4.78, 5) is 12.4. The van der Waals surface area contributed by atoms with Gasteiger partial charge in [0.15, 0.2) is 6.61 Å². The van der Waals surface area contributed by atoms with Gasteiger partial charge in [0, 0.05) is 0 Å². The molecular formula is C21H17N3O2. The van der Waals surface area contributed by atoms with Gasteiger partial charge in [0.2, 0.25) is 0 Å². The van der Waals surface area contributed by atoms with Crippen LogP contribution in [0.5, 0.6) is 5.75 Å². The Hall–Kier alpha value is -3.78. The van der Waals surface area contributed by atoms with E-state index in [0.717, 1.165) is 11.4 Å². The maximum Gasteiger partial charge on any atom is 0.276 e. The number of carbonyl (C=O) groups is 1. The zero-order chi connectivity index (χ0) is 18.2. The molecule has 3 aromatic rings. The van der Waals surface area contributed by atoms with Crippen LogP contribution in [0.2, 0.25) is 0 Å². The summed E-state index contributed by atoms with van der Waals surface area (Å²) < 4.78 is 5.50. The van der Waals surface area contributed by atoms with E-state index >= 15 is 0 Å². The first-order chi connectivity index (χ1) is 12.8. The first-order valence-electron chi connectivity index (χ1n) is 8.09. The standard InChI is InChI=1S/C21H17N3O2/c22-15-17-9-7-8-14-20(17)26-16-21(25)23-24(18-10-3-1-4-11-18)19-12-5-2-6-13-19/h1-14H,16H2,(H,23,25). The van der Waals surface area contributed by atoms with Crippen molar-refractivity contribution < 1.29 is 9.53 Å². The molecule has 0 spiro atoms. The number of rotatable bonds is 6. The molecule has 5 nitrogen and oxygen atoms in total. The molecule has 0 aromatic heterocycles. The lowest BCUT2D eigenvalue weighted by molar-refractivity contribution is -0.123. The molecule has 0 bridgehead atoms. The highest BCUT2D eigenvalue weighted by Gasteiger charge is 2.13. The summed E-state index contributed by atoms with van der Waals surface area (Å²) in [7, 11) is 0. The molecule has 0 aliphatic carbocycles. The van der Waals surface area contributed by atoms with Gasteiger partial charge >= 0.3 is 0 Å². The summed E-state index contributed by atoms with van der Waals surface area (Å²) >= 11 is 0. The van der Waals surface area contributed by atoms with Gasteiger partial charge in [-0.05, 0) is 36.4 Å². The van der Waals surface area contributed by atoms with Crippen LogP contribution in [-0.4, -0.2) is 12.5 Å². The summed E-state index contributed by atoms with van der Waals surface area (Å²) in [5.41, 5.74) is 4.88. The molecule has 3 rings (SSSR count). The Labute approximate surface area is 152 Å². The molecule has 0 saturated heterocycles. The molecule has 0 unspecified atom stereocenters. The van der Waals surface area contributed by atoms with E-state index in [1.165, 1.54) is 0 Å². The molecule has 0 saturated carbocycles. The molecule has 0 heterocycles. The van der Waals surface area contributed by atoms with Gasteiger partial charge in [-0.2, -0.15) is 5.26 Å². The van der Waals surface area contributed by atoms with Crippen molar-refractivity contribution in [1.29, 1.82) is 5.26 Å². The fraction of sp³-hybridized carbons (Fsp3) is 0.0476. The molecule has 0 atom stereocenters. The molecule has 0 aliphatic rings. The van der Waals surface area contributed by atoms with Crippen LogP contribution in [0.25, 0.3) is 0 Å². The SMILES string of the molecule is N#Cc1ccccc1OCC(=O)NN(c1ccccc1)c1ccccc1. The van der Waals surface area contributed by atoms with Crippen molar-refractivity contribution in [2.75, 3.05) is 11.6 Å². The number of hydrazine groups is 1. The Kier molecular flexibility index (Phi) is 5.48. The predicted molar refractivity (Wildman–Crippen MR) is 99.8 cm³/mol. The van der Waals surface area contributed by atoms with Crippen LogP contribution in [0.4, 0.5) is 11.4 Å². The molecule has 5 heteroatoms. The maximum atomic E-state index is 12.4. The quantitative estimate of drug-likeness (QED) is 0.691. The van der Waals surface area contributed by atoms with Crippen molar-refractivity contribution in [3.05, 3.63) is 90.5 Å². The third-order valence-corrected chi connectivity index (χ3v) is 3.63. The number of benzene rings is 3. The second-order valence-electron chi connectivity index (χ2n) is 5.44. The van der Waals surface area contributed by atoms with Gasteiger partial charge in [0.1, 0.15) is 11.8 Å². The van der Waals surface area contributed by atoms with Crippen LogP contribution in [0.15, 0.2) is 84.9 Å². The lowest BCUT2D eigenvalue weighted by Gasteiger charge is -2.25. The highest BCUT2D eigenvalue weighted by Crippen LogP contribution is 2.22. The van der Waals surface area contributed by atoms with Crippen LogP contribution < -0.4 is 15.2 Å². The number of nitrogens with one attached hydrogen (secondary N) is 1. The number of nitriles is 1. The lowest BCUT2D eigenvalue weighted by atomic mass is 10.2. The Morgan fingerprint density at radius 3 is 2.00 bits per heavy atom. The van der Waals surface area contributed by atoms with E-state index in [2.05, 4.69) is 5.43 Å². The van der Waals surface area contributed by atoms with Crippen molar-refractivity contribution in [2.45, 2.75) is 0 Å². The zero-order valence-electron chi connectivity index (χ0n) is 14.0. The van der Waals surface area contributed by atoms with Gasteiger partial charge in [-0.15, -0.1) is 0 Å². The Morgan fingerprint density at radius 1 is 0.885 bits per heavy atom. The number of carbonyl (C=O) groups excluding carboxylic acids is 1. The largest absolute Gasteiger partial charge is 0.482 e. The van der Waals surface area contributed by atoms with E-state index in [1.807, 2.05) is 66.7 Å². The number of hydrogen-bond donors (Lipinski definition) is 1. The van der Waals surface area contributed by atoms with Gasteiger partial charge in [-0.3, -0.25) is 15.2 Å². The predicted octanol–water partition coefficient (Wildman–Crippen LogP) is 3.81. The Balaban J connectivity index is 1.73. The summed E-state index contributed by atoms with van der Waals surface area (Å²) in [6.07, 6.45) is 0. The van der Waals surface area contributed by atoms with Crippen molar-refractivity contribution in [3.63, 3.8) is 0 Å². The molecule has 0 fully saturated rings. The van der Waals surface area contributed by atoms with Crippen LogP contribution in [0, 0.1) is 11.3 Å². The zero-order valence-corrected chi connectivity index (χ0v) is 14.0. The average molecular weight is 343 g/mol. The molecule has 26 heavy (non-hydrogen) atoms. The van der Waals surface area contributed by atoms with Gasteiger partial charge in [-0.25, -0.2) is 0 Å². The number of ether oxygens (including phenoxy) is 1. The fourth-order valence-corrected chi connectivity index (χ4v) is 2.42. The minimum Gasteiger partial charge on any atom is -0.482 e. The van der Waals surface area contributed by atoms with Gasteiger partial charge < -0.3 is 4.74 Å². The molecule has 0 radical (unpaired) electrons. The van der Waals surface area contributed by atoms with Crippen LogP contribution in [0.3, 0.4) is 0 Å². The first kappa shape index (κ1) is 17.1. The fourth-order valence-electron chi connectivity index (χ4n) is 2.42. The second kappa shape index (κ2) is 8.36. The van der Waals surface area contributed by atoms with Crippen molar-refractivity contribution >= 4 is 17.3 Å². The lowest BCUT2D eigenvalue weighted by Crippen LogP contribution is -2.41. The first-order valence-corrected chi connectivity index (χ1v) is 8.09. The summed E-state index contributed by atoms with van der Waals surface area (Å²) in [5.74, 6) is 0.0570. The van der Waals surface area contributed by atoms with Crippen molar-refractivity contribution in [1.82, 2.24) is 5.43 Å². The third-order valence-electron chi connectivity index (χ3n) is 3.63. The Morgan fingerprint density at radius 2 is 1.42 bits per heavy atom. The number of nitrogens with zero attached hydrogens (tertiary/aromatic N) is 2. The topological polar surface area (TPSA) is 65.4 Å². The van der Waals surface area contributed by atoms with Crippen molar-refractivity contribution in [2.24, 2.45) is 0 Å². The maximum absolute atomic E-state index is 12.4. The highest BCUT2D eigenvalue weighted by atomic mass is 16.5. The molecule has 0 aliphatic heterocycles. The number of hydrogen-bond acceptors (Lipinski definition) is 4. The number of para-hydroxylation sites is 3. The molecule has 1 amide bonds. The van der Waals surface area contributed by atoms with Gasteiger partial charge in [-0.1, -0.05) is 48.5 Å². The Bertz CT molecular complexity index is 866. The van der Waals surface area contributed by atoms with E-state index in [1.54, 1.807) is 29.3 Å².